The Morgan fingerprint density at radius 1 is 0.971 bits per heavy atom. The molecule has 7 nitrogen and oxygen atoms in total. The smallest absolute Gasteiger partial charge is 0.338 e. The minimum Gasteiger partial charge on any atom is -0.452 e. The second-order valence-corrected chi connectivity index (χ2v) is 9.14. The number of halogens is 2. The lowest BCUT2D eigenvalue weighted by molar-refractivity contribution is -0.124. The molecule has 34 heavy (non-hydrogen) atoms. The standard InChI is InChI=1S/C24H22F2N2O5S/c1-16(21-11-10-19(25)13-22(21)26)28-23(29)15-33-24(30)18-8-5-9-20(12-18)34(31,32)27-14-17-6-3-2-4-7-17/h2-13,16,27H,14-15H2,1H3,(H,28,29). The van der Waals surface area contributed by atoms with Crippen molar-refractivity contribution in [3.8, 4) is 0 Å². The monoisotopic (exact) mass is 488 g/mol. The summed E-state index contributed by atoms with van der Waals surface area (Å²) in [5.41, 5.74) is 0.775. The zero-order chi connectivity index (χ0) is 24.7. The Labute approximate surface area is 195 Å². The molecule has 3 aromatic carbocycles. The molecular weight excluding hydrogens is 466 g/mol. The highest BCUT2D eigenvalue weighted by atomic mass is 32.2. The van der Waals surface area contributed by atoms with Gasteiger partial charge in [-0.05, 0) is 36.8 Å². The van der Waals surface area contributed by atoms with Crippen LogP contribution < -0.4 is 10.0 Å². The van der Waals surface area contributed by atoms with Crippen LogP contribution in [-0.2, 0) is 26.1 Å². The van der Waals surface area contributed by atoms with Crippen molar-refractivity contribution >= 4 is 21.9 Å². The topological polar surface area (TPSA) is 102 Å². The van der Waals surface area contributed by atoms with Crippen molar-refractivity contribution in [2.45, 2.75) is 24.4 Å². The minimum atomic E-state index is -3.90. The van der Waals surface area contributed by atoms with Crippen molar-refractivity contribution in [2.75, 3.05) is 6.61 Å². The van der Waals surface area contributed by atoms with Gasteiger partial charge in [0.2, 0.25) is 10.0 Å². The molecule has 1 amide bonds. The van der Waals surface area contributed by atoms with E-state index in [1.54, 1.807) is 24.3 Å². The number of carbonyl (C=O) groups excluding carboxylic acids is 2. The predicted molar refractivity (Wildman–Crippen MR) is 120 cm³/mol. The maximum absolute atomic E-state index is 13.8. The minimum absolute atomic E-state index is 0.0620. The number of amides is 1. The van der Waals surface area contributed by atoms with Crippen LogP contribution in [-0.4, -0.2) is 26.9 Å². The van der Waals surface area contributed by atoms with E-state index in [1.807, 2.05) is 6.07 Å². The molecule has 1 unspecified atom stereocenters. The Bertz CT molecular complexity index is 1280. The molecule has 0 radical (unpaired) electrons. The van der Waals surface area contributed by atoms with Crippen LogP contribution in [0.3, 0.4) is 0 Å². The maximum Gasteiger partial charge on any atom is 0.338 e. The van der Waals surface area contributed by atoms with Crippen molar-refractivity contribution in [1.29, 1.82) is 0 Å². The van der Waals surface area contributed by atoms with Crippen molar-refractivity contribution in [2.24, 2.45) is 0 Å². The van der Waals surface area contributed by atoms with Crippen LogP contribution in [0.25, 0.3) is 0 Å². The van der Waals surface area contributed by atoms with Gasteiger partial charge in [-0.15, -0.1) is 0 Å². The summed E-state index contributed by atoms with van der Waals surface area (Å²) < 4.78 is 59.4. The van der Waals surface area contributed by atoms with E-state index in [2.05, 4.69) is 10.0 Å². The van der Waals surface area contributed by atoms with E-state index in [0.717, 1.165) is 17.7 Å². The normalized spacial score (nSPS) is 12.1. The quantitative estimate of drug-likeness (QED) is 0.449. The number of nitrogens with one attached hydrogen (secondary N) is 2. The molecule has 1 atom stereocenters. The number of hydrogen-bond acceptors (Lipinski definition) is 5. The third-order valence-corrected chi connectivity index (χ3v) is 6.23. The summed E-state index contributed by atoms with van der Waals surface area (Å²) in [5.74, 6) is -3.18. The summed E-state index contributed by atoms with van der Waals surface area (Å²) in [6.45, 7) is 0.896. The molecule has 0 spiro atoms. The van der Waals surface area contributed by atoms with Gasteiger partial charge in [0, 0.05) is 18.2 Å². The van der Waals surface area contributed by atoms with E-state index in [4.69, 9.17) is 4.74 Å². The molecule has 0 saturated carbocycles. The number of hydrogen-bond donors (Lipinski definition) is 2. The molecule has 3 rings (SSSR count). The fourth-order valence-corrected chi connectivity index (χ4v) is 4.14. The first-order valence-corrected chi connectivity index (χ1v) is 11.7. The largest absolute Gasteiger partial charge is 0.452 e. The maximum atomic E-state index is 13.8. The average Bonchev–Trinajstić information content (AvgIpc) is 2.82. The third-order valence-electron chi connectivity index (χ3n) is 4.83. The van der Waals surface area contributed by atoms with Gasteiger partial charge in [0.25, 0.3) is 5.91 Å². The summed E-state index contributed by atoms with van der Waals surface area (Å²) in [6.07, 6.45) is 0. The van der Waals surface area contributed by atoms with E-state index in [1.165, 1.54) is 31.2 Å². The van der Waals surface area contributed by atoms with Gasteiger partial charge in [0.05, 0.1) is 16.5 Å². The molecule has 0 aliphatic rings. The van der Waals surface area contributed by atoms with Gasteiger partial charge >= 0.3 is 5.97 Å². The first-order valence-electron chi connectivity index (χ1n) is 10.2. The van der Waals surface area contributed by atoms with Crippen molar-refractivity contribution < 1.29 is 31.5 Å². The summed E-state index contributed by atoms with van der Waals surface area (Å²) >= 11 is 0. The van der Waals surface area contributed by atoms with E-state index in [0.29, 0.717) is 6.07 Å². The number of carbonyl (C=O) groups is 2. The Balaban J connectivity index is 1.57. The van der Waals surface area contributed by atoms with Gasteiger partial charge in [0.15, 0.2) is 6.61 Å². The second kappa shape index (κ2) is 11.0. The summed E-state index contributed by atoms with van der Waals surface area (Å²) in [4.78, 5) is 24.3. The molecular formula is C24H22F2N2O5S. The van der Waals surface area contributed by atoms with Crippen LogP contribution in [0.2, 0.25) is 0 Å². The number of rotatable bonds is 9. The molecule has 178 valence electrons. The SMILES string of the molecule is CC(NC(=O)COC(=O)c1cccc(S(=O)(=O)NCc2ccccc2)c1)c1ccc(F)cc1F. The third kappa shape index (κ3) is 6.69. The number of ether oxygens (including phenoxy) is 1. The van der Waals surface area contributed by atoms with Gasteiger partial charge in [-0.3, -0.25) is 4.79 Å². The van der Waals surface area contributed by atoms with E-state index in [-0.39, 0.29) is 22.6 Å². The van der Waals surface area contributed by atoms with Crippen molar-refractivity contribution in [3.05, 3.63) is 101 Å². The Kier molecular flexibility index (Phi) is 8.08. The van der Waals surface area contributed by atoms with Crippen LogP contribution in [0.4, 0.5) is 8.78 Å². The summed E-state index contributed by atoms with van der Waals surface area (Å²) in [5, 5.41) is 2.45. The lowest BCUT2D eigenvalue weighted by Gasteiger charge is -2.15. The summed E-state index contributed by atoms with van der Waals surface area (Å²) in [7, 11) is -3.90. The van der Waals surface area contributed by atoms with Gasteiger partial charge < -0.3 is 10.1 Å². The molecule has 0 aliphatic carbocycles. The number of benzene rings is 3. The molecule has 0 aromatic heterocycles. The Hall–Kier alpha value is -3.63. The molecule has 0 saturated heterocycles. The van der Waals surface area contributed by atoms with Crippen LogP contribution in [0.1, 0.15) is 34.5 Å². The van der Waals surface area contributed by atoms with Crippen LogP contribution in [0, 0.1) is 11.6 Å². The molecule has 3 aromatic rings. The van der Waals surface area contributed by atoms with Crippen LogP contribution in [0.5, 0.6) is 0 Å². The van der Waals surface area contributed by atoms with E-state index in [9.17, 15) is 26.8 Å². The van der Waals surface area contributed by atoms with Crippen molar-refractivity contribution in [3.63, 3.8) is 0 Å². The van der Waals surface area contributed by atoms with Crippen LogP contribution >= 0.6 is 0 Å². The summed E-state index contributed by atoms with van der Waals surface area (Å²) in [6, 6.07) is 16.3. The predicted octanol–water partition coefficient (Wildman–Crippen LogP) is 3.48. The van der Waals surface area contributed by atoms with E-state index >= 15 is 0 Å². The molecule has 0 fully saturated rings. The second-order valence-electron chi connectivity index (χ2n) is 7.37. The first-order chi connectivity index (χ1) is 16.2. The highest BCUT2D eigenvalue weighted by molar-refractivity contribution is 7.89. The Morgan fingerprint density at radius 3 is 2.41 bits per heavy atom. The molecule has 2 N–H and O–H groups in total. The van der Waals surface area contributed by atoms with Gasteiger partial charge in [0.1, 0.15) is 11.6 Å². The average molecular weight is 489 g/mol. The molecule has 0 aliphatic heterocycles. The highest BCUT2D eigenvalue weighted by Crippen LogP contribution is 2.18. The molecule has 0 heterocycles. The zero-order valence-corrected chi connectivity index (χ0v) is 18.9. The first kappa shape index (κ1) is 25.0. The fraction of sp³-hybridized carbons (Fsp3) is 0.167. The number of esters is 1. The lowest BCUT2D eigenvalue weighted by atomic mass is 10.1. The van der Waals surface area contributed by atoms with E-state index < -0.39 is 46.2 Å². The van der Waals surface area contributed by atoms with Crippen molar-refractivity contribution in [1.82, 2.24) is 10.0 Å². The fourth-order valence-electron chi connectivity index (χ4n) is 3.08. The van der Waals surface area contributed by atoms with Crippen LogP contribution in [0.15, 0.2) is 77.7 Å². The van der Waals surface area contributed by atoms with Gasteiger partial charge in [-0.25, -0.2) is 26.7 Å². The Morgan fingerprint density at radius 2 is 1.71 bits per heavy atom. The molecule has 10 heteroatoms. The highest BCUT2D eigenvalue weighted by Gasteiger charge is 2.19. The number of sulfonamides is 1. The zero-order valence-electron chi connectivity index (χ0n) is 18.1. The molecule has 0 bridgehead atoms. The van der Waals surface area contributed by atoms with Gasteiger partial charge in [-0.1, -0.05) is 42.5 Å². The lowest BCUT2D eigenvalue weighted by Crippen LogP contribution is -2.31. The van der Waals surface area contributed by atoms with Gasteiger partial charge in [-0.2, -0.15) is 0 Å².